The van der Waals surface area contributed by atoms with Crippen LogP contribution >= 0.6 is 0 Å². The second kappa shape index (κ2) is 5.50. The Labute approximate surface area is 153 Å². The summed E-state index contributed by atoms with van der Waals surface area (Å²) in [4.78, 5) is 15.3. The summed E-state index contributed by atoms with van der Waals surface area (Å²) in [6, 6.07) is 14.6. The van der Waals surface area contributed by atoms with Gasteiger partial charge in [-0.3, -0.25) is 4.79 Å². The number of hydrogen-bond donors (Lipinski definition) is 0. The van der Waals surface area contributed by atoms with E-state index in [0.29, 0.717) is 11.8 Å². The van der Waals surface area contributed by atoms with Crippen LogP contribution in [0.15, 0.2) is 42.5 Å². The molecule has 0 spiro atoms. The van der Waals surface area contributed by atoms with E-state index in [1.165, 1.54) is 16.7 Å². The monoisotopic (exact) mass is 349 g/mol. The minimum atomic E-state index is -0.410. The van der Waals surface area contributed by atoms with Crippen molar-refractivity contribution in [1.29, 1.82) is 0 Å². The maximum absolute atomic E-state index is 13.2. The van der Waals surface area contributed by atoms with Gasteiger partial charge in [-0.1, -0.05) is 30.3 Å². The number of hydrogen-bond acceptors (Lipinski definition) is 3. The first-order chi connectivity index (χ1) is 12.7. The fraction of sp³-hybridized carbons (Fsp3) is 0.409. The van der Waals surface area contributed by atoms with Gasteiger partial charge in [0.05, 0.1) is 14.2 Å². The number of carbonyl (C=O) groups is 1. The molecule has 1 aliphatic carbocycles. The summed E-state index contributed by atoms with van der Waals surface area (Å²) in [5, 5.41) is 0. The first-order valence-corrected chi connectivity index (χ1v) is 9.34. The molecule has 2 fully saturated rings. The van der Waals surface area contributed by atoms with E-state index in [1.54, 1.807) is 14.2 Å². The van der Waals surface area contributed by atoms with E-state index in [-0.39, 0.29) is 5.92 Å². The Morgan fingerprint density at radius 1 is 1.08 bits per heavy atom. The van der Waals surface area contributed by atoms with Crippen LogP contribution in [0.1, 0.15) is 29.5 Å². The summed E-state index contributed by atoms with van der Waals surface area (Å²) in [5.74, 6) is 2.42. The van der Waals surface area contributed by atoms with E-state index in [9.17, 15) is 4.79 Å². The van der Waals surface area contributed by atoms with Crippen molar-refractivity contribution in [2.45, 2.75) is 24.8 Å². The number of methoxy groups -OCH3 is 2. The lowest BCUT2D eigenvalue weighted by Gasteiger charge is -2.49. The van der Waals surface area contributed by atoms with E-state index in [2.05, 4.69) is 35.2 Å². The Hall–Kier alpha value is -2.49. The molecule has 3 aliphatic rings. The zero-order valence-corrected chi connectivity index (χ0v) is 15.2. The Morgan fingerprint density at radius 3 is 2.54 bits per heavy atom. The van der Waals surface area contributed by atoms with Gasteiger partial charge in [-0.2, -0.15) is 0 Å². The smallest absolute Gasteiger partial charge is 0.227 e. The van der Waals surface area contributed by atoms with E-state index in [4.69, 9.17) is 9.47 Å². The summed E-state index contributed by atoms with van der Waals surface area (Å²) >= 11 is 0. The third-order valence-electron chi connectivity index (χ3n) is 6.63. The van der Waals surface area contributed by atoms with Crippen molar-refractivity contribution in [3.63, 3.8) is 0 Å². The van der Waals surface area contributed by atoms with Crippen molar-refractivity contribution < 1.29 is 14.3 Å². The molecule has 3 atom stereocenters. The third-order valence-corrected chi connectivity index (χ3v) is 6.63. The van der Waals surface area contributed by atoms with E-state index < -0.39 is 5.54 Å². The number of nitrogens with zero attached hydrogens (tertiary/aromatic N) is 1. The minimum absolute atomic E-state index is 0.146. The zero-order valence-electron chi connectivity index (χ0n) is 15.2. The second-order valence-corrected chi connectivity index (χ2v) is 7.53. The van der Waals surface area contributed by atoms with E-state index in [0.717, 1.165) is 37.3 Å². The number of rotatable bonds is 3. The van der Waals surface area contributed by atoms with Gasteiger partial charge in [-0.15, -0.1) is 0 Å². The highest BCUT2D eigenvalue weighted by atomic mass is 16.5. The Balaban J connectivity index is 1.84. The molecule has 0 radical (unpaired) electrons. The van der Waals surface area contributed by atoms with Crippen molar-refractivity contribution >= 4 is 5.91 Å². The van der Waals surface area contributed by atoms with E-state index in [1.807, 2.05) is 12.1 Å². The molecule has 26 heavy (non-hydrogen) atoms. The molecule has 0 unspecified atom stereocenters. The summed E-state index contributed by atoms with van der Waals surface area (Å²) < 4.78 is 11.3. The Morgan fingerprint density at radius 2 is 1.88 bits per heavy atom. The van der Waals surface area contributed by atoms with Crippen LogP contribution in [-0.4, -0.2) is 31.6 Å². The molecule has 2 heterocycles. The van der Waals surface area contributed by atoms with Gasteiger partial charge in [0.1, 0.15) is 17.0 Å². The SMILES string of the molecule is COc1cc2c(c(OC)c1)[C@]1(c3ccccc3)[C@H]3CC[C@H]3C(=O)N1CC2. The predicted molar refractivity (Wildman–Crippen MR) is 98.4 cm³/mol. The number of carbonyl (C=O) groups excluding carboxylic acids is 1. The van der Waals surface area contributed by atoms with E-state index >= 15 is 0 Å². The lowest BCUT2D eigenvalue weighted by molar-refractivity contribution is -0.134. The molecule has 4 heteroatoms. The quantitative estimate of drug-likeness (QED) is 0.853. The van der Waals surface area contributed by atoms with Crippen molar-refractivity contribution in [1.82, 2.24) is 4.90 Å². The van der Waals surface area contributed by atoms with Crippen molar-refractivity contribution in [3.05, 3.63) is 59.2 Å². The van der Waals surface area contributed by atoms with Gasteiger partial charge in [0, 0.05) is 30.0 Å². The van der Waals surface area contributed by atoms with Gasteiger partial charge in [-0.25, -0.2) is 0 Å². The fourth-order valence-corrected chi connectivity index (χ4v) is 5.47. The highest BCUT2D eigenvalue weighted by molar-refractivity contribution is 5.87. The number of fused-ring (bicyclic) bond motifs is 5. The van der Waals surface area contributed by atoms with Crippen LogP contribution in [0, 0.1) is 11.8 Å². The van der Waals surface area contributed by atoms with Crippen LogP contribution < -0.4 is 9.47 Å². The summed E-state index contributed by atoms with van der Waals surface area (Å²) in [7, 11) is 3.39. The largest absolute Gasteiger partial charge is 0.497 e. The first-order valence-electron chi connectivity index (χ1n) is 9.34. The zero-order chi connectivity index (χ0) is 17.9. The molecule has 1 saturated carbocycles. The molecule has 0 N–H and O–H groups in total. The van der Waals surface area contributed by atoms with Crippen LogP contribution in [0.3, 0.4) is 0 Å². The summed E-state index contributed by atoms with van der Waals surface area (Å²) in [5.41, 5.74) is 3.19. The fourth-order valence-electron chi connectivity index (χ4n) is 5.47. The van der Waals surface area contributed by atoms with Crippen LogP contribution in [0.25, 0.3) is 0 Å². The molecule has 2 aliphatic heterocycles. The molecule has 5 rings (SSSR count). The van der Waals surface area contributed by atoms with Crippen LogP contribution in [0.5, 0.6) is 11.5 Å². The van der Waals surface area contributed by atoms with Gasteiger partial charge in [0.2, 0.25) is 5.91 Å². The van der Waals surface area contributed by atoms with Gasteiger partial charge in [-0.05, 0) is 36.5 Å². The van der Waals surface area contributed by atoms with Gasteiger partial charge in [0.15, 0.2) is 0 Å². The Kier molecular flexibility index (Phi) is 3.33. The molecule has 4 nitrogen and oxygen atoms in total. The number of amides is 1. The molecule has 134 valence electrons. The van der Waals surface area contributed by atoms with Crippen molar-refractivity contribution in [2.75, 3.05) is 20.8 Å². The highest BCUT2D eigenvalue weighted by Crippen LogP contribution is 2.63. The standard InChI is InChI=1S/C22H23NO3/c1-25-16-12-14-10-11-23-21(24)17-8-9-18(17)22(23,15-6-4-3-5-7-15)20(14)19(13-16)26-2/h3-7,12-13,17-18H,8-11H2,1-2H3/t17-,18+,22+/m1/s1. The average molecular weight is 349 g/mol. The number of benzene rings is 2. The summed E-state index contributed by atoms with van der Waals surface area (Å²) in [6.45, 7) is 0.754. The topological polar surface area (TPSA) is 38.8 Å². The van der Waals surface area contributed by atoms with Crippen LogP contribution in [-0.2, 0) is 16.8 Å². The molecule has 2 aromatic carbocycles. The number of ether oxygens (including phenoxy) is 2. The van der Waals surface area contributed by atoms with Gasteiger partial charge >= 0.3 is 0 Å². The molecule has 1 amide bonds. The first kappa shape index (κ1) is 15.7. The normalized spacial score (nSPS) is 28.7. The molecule has 0 bridgehead atoms. The Bertz CT molecular complexity index is 861. The predicted octanol–water partition coefficient (Wildman–Crippen LogP) is 3.37. The van der Waals surface area contributed by atoms with Crippen LogP contribution in [0.4, 0.5) is 0 Å². The van der Waals surface area contributed by atoms with Gasteiger partial charge < -0.3 is 14.4 Å². The lowest BCUT2D eigenvalue weighted by Crippen LogP contribution is -2.52. The van der Waals surface area contributed by atoms with Gasteiger partial charge in [0.25, 0.3) is 0 Å². The average Bonchev–Trinajstić information content (AvgIpc) is 2.83. The maximum atomic E-state index is 13.2. The second-order valence-electron chi connectivity index (χ2n) is 7.53. The highest BCUT2D eigenvalue weighted by Gasteiger charge is 2.65. The molecular weight excluding hydrogens is 326 g/mol. The summed E-state index contributed by atoms with van der Waals surface area (Å²) in [6.07, 6.45) is 2.92. The molecule has 1 saturated heterocycles. The molecular formula is C22H23NO3. The van der Waals surface area contributed by atoms with Crippen molar-refractivity contribution in [2.24, 2.45) is 11.8 Å². The maximum Gasteiger partial charge on any atom is 0.227 e. The van der Waals surface area contributed by atoms with Crippen molar-refractivity contribution in [3.8, 4) is 11.5 Å². The third kappa shape index (κ3) is 1.77. The molecule has 2 aromatic rings. The van der Waals surface area contributed by atoms with Crippen LogP contribution in [0.2, 0.25) is 0 Å². The molecule has 0 aromatic heterocycles. The lowest BCUT2D eigenvalue weighted by atomic mass is 9.60. The minimum Gasteiger partial charge on any atom is -0.497 e.